The molecule has 0 aliphatic heterocycles. The molecule has 0 bridgehead atoms. The van der Waals surface area contributed by atoms with Crippen molar-refractivity contribution < 1.29 is 22.7 Å². The molecule has 0 aromatic heterocycles. The number of carbonyl (C=O) groups excluding carboxylic acids is 1. The Morgan fingerprint density at radius 2 is 1.88 bits per heavy atom. The van der Waals surface area contributed by atoms with E-state index >= 15 is 0 Å². The second-order valence-corrected chi connectivity index (χ2v) is 7.40. The smallest absolute Gasteiger partial charge is 0.338 e. The van der Waals surface area contributed by atoms with Crippen molar-refractivity contribution in [1.82, 2.24) is 4.72 Å². The number of carbonyl (C=O) groups is 1. The van der Waals surface area contributed by atoms with Gasteiger partial charge >= 0.3 is 5.97 Å². The van der Waals surface area contributed by atoms with Gasteiger partial charge < -0.3 is 9.47 Å². The molecule has 1 N–H and O–H groups in total. The molecular weight excluding hydrogens is 366 g/mol. The second-order valence-electron chi connectivity index (χ2n) is 5.14. The second kappa shape index (κ2) is 7.86. The maximum absolute atomic E-state index is 12.4. The normalized spacial score (nSPS) is 12.5. The molecule has 1 atom stereocenters. The Hall–Kier alpha value is -2.09. The van der Waals surface area contributed by atoms with E-state index in [-0.39, 0.29) is 16.2 Å². The fourth-order valence-electron chi connectivity index (χ4n) is 2.22. The Balaban J connectivity index is 2.31. The van der Waals surface area contributed by atoms with Gasteiger partial charge in [-0.2, -0.15) is 0 Å². The largest absolute Gasteiger partial charge is 0.495 e. The molecule has 6 nitrogen and oxygen atoms in total. The molecule has 0 saturated carbocycles. The summed E-state index contributed by atoms with van der Waals surface area (Å²) in [4.78, 5) is 12.2. The summed E-state index contributed by atoms with van der Waals surface area (Å²) < 4.78 is 36.8. The topological polar surface area (TPSA) is 81.7 Å². The third-order valence-corrected chi connectivity index (χ3v) is 5.36. The maximum atomic E-state index is 12.4. The summed E-state index contributed by atoms with van der Waals surface area (Å²) in [6.07, 6.45) is -0.590. The third kappa shape index (κ3) is 4.31. The highest BCUT2D eigenvalue weighted by Gasteiger charge is 2.22. The van der Waals surface area contributed by atoms with Crippen LogP contribution in [0, 0.1) is 0 Å². The van der Waals surface area contributed by atoms with Crippen LogP contribution in [0.1, 0.15) is 28.9 Å². The summed E-state index contributed by atoms with van der Waals surface area (Å²) in [6, 6.07) is 11.1. The molecule has 2 aromatic carbocycles. The molecule has 2 aromatic rings. The van der Waals surface area contributed by atoms with Gasteiger partial charge in [-0.25, -0.2) is 17.9 Å². The van der Waals surface area contributed by atoms with E-state index in [4.69, 9.17) is 21.1 Å². The zero-order chi connectivity index (χ0) is 18.6. The fourth-order valence-corrected chi connectivity index (χ4v) is 3.43. The predicted octanol–water partition coefficient (Wildman–Crippen LogP) is 3.17. The van der Waals surface area contributed by atoms with E-state index < -0.39 is 22.1 Å². The molecule has 0 saturated heterocycles. The monoisotopic (exact) mass is 383 g/mol. The molecule has 0 unspecified atom stereocenters. The zero-order valence-corrected chi connectivity index (χ0v) is 15.5. The van der Waals surface area contributed by atoms with Gasteiger partial charge in [0.25, 0.3) is 0 Å². The highest BCUT2D eigenvalue weighted by atomic mass is 35.5. The summed E-state index contributed by atoms with van der Waals surface area (Å²) in [5.74, 6) is -0.535. The van der Waals surface area contributed by atoms with E-state index in [0.717, 1.165) is 0 Å². The van der Waals surface area contributed by atoms with Gasteiger partial charge in [0, 0.05) is 10.6 Å². The van der Waals surface area contributed by atoms with Crippen LogP contribution >= 0.6 is 11.6 Å². The third-order valence-electron chi connectivity index (χ3n) is 3.58. The Morgan fingerprint density at radius 1 is 1.20 bits per heavy atom. The van der Waals surface area contributed by atoms with Crippen LogP contribution in [0.5, 0.6) is 5.75 Å². The van der Waals surface area contributed by atoms with Crippen LogP contribution in [0.4, 0.5) is 0 Å². The summed E-state index contributed by atoms with van der Waals surface area (Å²) >= 11 is 6.10. The van der Waals surface area contributed by atoms with Gasteiger partial charge in [-0.1, -0.05) is 29.8 Å². The molecule has 8 heteroatoms. The lowest BCUT2D eigenvalue weighted by Crippen LogP contribution is -2.20. The van der Waals surface area contributed by atoms with E-state index in [2.05, 4.69) is 4.72 Å². The van der Waals surface area contributed by atoms with Crippen molar-refractivity contribution in [1.29, 1.82) is 0 Å². The quantitative estimate of drug-likeness (QED) is 0.775. The van der Waals surface area contributed by atoms with Gasteiger partial charge in [-0.3, -0.25) is 0 Å². The number of benzene rings is 2. The summed E-state index contributed by atoms with van der Waals surface area (Å²) in [7, 11) is -1.16. The first-order valence-corrected chi connectivity index (χ1v) is 9.23. The maximum Gasteiger partial charge on any atom is 0.338 e. The molecule has 0 aliphatic rings. The molecule has 0 fully saturated rings. The van der Waals surface area contributed by atoms with Crippen molar-refractivity contribution >= 4 is 27.6 Å². The number of esters is 1. The van der Waals surface area contributed by atoms with Gasteiger partial charge in [-0.05, 0) is 38.2 Å². The first-order chi connectivity index (χ1) is 11.8. The van der Waals surface area contributed by atoms with Crippen LogP contribution < -0.4 is 9.46 Å². The lowest BCUT2D eigenvalue weighted by atomic mass is 10.1. The molecule has 2 rings (SSSR count). The van der Waals surface area contributed by atoms with Gasteiger partial charge in [0.2, 0.25) is 10.0 Å². The summed E-state index contributed by atoms with van der Waals surface area (Å²) in [5, 5.41) is 0.482. The molecular formula is C17H18ClNO5S. The van der Waals surface area contributed by atoms with Crippen molar-refractivity contribution in [2.75, 3.05) is 14.2 Å². The number of ether oxygens (including phenoxy) is 2. The lowest BCUT2D eigenvalue weighted by Gasteiger charge is -2.16. The number of nitrogens with one attached hydrogen (secondary N) is 1. The molecule has 0 radical (unpaired) electrons. The predicted molar refractivity (Wildman–Crippen MR) is 94.5 cm³/mol. The minimum Gasteiger partial charge on any atom is -0.495 e. The number of hydrogen-bond acceptors (Lipinski definition) is 5. The molecule has 0 aliphatic carbocycles. The lowest BCUT2D eigenvalue weighted by molar-refractivity contribution is 0.0338. The first-order valence-electron chi connectivity index (χ1n) is 7.37. The first kappa shape index (κ1) is 19.2. The minimum absolute atomic E-state index is 0.0912. The zero-order valence-electron chi connectivity index (χ0n) is 13.9. The Kier molecular flexibility index (Phi) is 6.05. The van der Waals surface area contributed by atoms with Gasteiger partial charge in [0.1, 0.15) is 16.7 Å². The van der Waals surface area contributed by atoms with Gasteiger partial charge in [0.15, 0.2) is 0 Å². The van der Waals surface area contributed by atoms with Crippen molar-refractivity contribution in [3.63, 3.8) is 0 Å². The Morgan fingerprint density at radius 3 is 2.48 bits per heavy atom. The van der Waals surface area contributed by atoms with Crippen LogP contribution in [-0.2, 0) is 14.8 Å². The molecule has 0 spiro atoms. The van der Waals surface area contributed by atoms with Crippen molar-refractivity contribution in [2.24, 2.45) is 0 Å². The number of methoxy groups -OCH3 is 1. The van der Waals surface area contributed by atoms with E-state index in [1.165, 1.54) is 32.4 Å². The summed E-state index contributed by atoms with van der Waals surface area (Å²) in [6.45, 7) is 1.69. The Labute approximate surface area is 151 Å². The van der Waals surface area contributed by atoms with Gasteiger partial charge in [-0.15, -0.1) is 0 Å². The average Bonchev–Trinajstić information content (AvgIpc) is 2.61. The highest BCUT2D eigenvalue weighted by Crippen LogP contribution is 2.28. The minimum atomic E-state index is -3.79. The van der Waals surface area contributed by atoms with Crippen molar-refractivity contribution in [3.8, 4) is 5.75 Å². The number of rotatable bonds is 6. The van der Waals surface area contributed by atoms with Gasteiger partial charge in [0.05, 0.1) is 12.7 Å². The number of hydrogen-bond donors (Lipinski definition) is 1. The van der Waals surface area contributed by atoms with Crippen molar-refractivity contribution in [2.45, 2.75) is 17.9 Å². The Bertz CT molecular complexity index is 882. The molecule has 134 valence electrons. The fraction of sp³-hybridized carbons (Fsp3) is 0.235. The van der Waals surface area contributed by atoms with Crippen LogP contribution in [-0.4, -0.2) is 28.5 Å². The molecule has 0 heterocycles. The number of halogens is 1. The van der Waals surface area contributed by atoms with Crippen LogP contribution in [0.2, 0.25) is 5.02 Å². The van der Waals surface area contributed by atoms with E-state index in [9.17, 15) is 13.2 Å². The van der Waals surface area contributed by atoms with Crippen LogP contribution in [0.3, 0.4) is 0 Å². The van der Waals surface area contributed by atoms with Crippen LogP contribution in [0.25, 0.3) is 0 Å². The molecule has 25 heavy (non-hydrogen) atoms. The standard InChI is InChI=1S/C17H18ClNO5S/c1-11(13-6-4-5-7-14(13)18)24-17(20)12-8-9-15(23-3)16(10-12)25(21,22)19-2/h4-11,19H,1-3H3/t11-/m0/s1. The van der Waals surface area contributed by atoms with E-state index in [1.54, 1.807) is 31.2 Å². The van der Waals surface area contributed by atoms with Crippen molar-refractivity contribution in [3.05, 3.63) is 58.6 Å². The number of sulfonamides is 1. The molecule has 0 amide bonds. The SMILES string of the molecule is CNS(=O)(=O)c1cc(C(=O)O[C@@H](C)c2ccccc2Cl)ccc1OC. The van der Waals surface area contributed by atoms with E-state index in [0.29, 0.717) is 10.6 Å². The average molecular weight is 384 g/mol. The van der Waals surface area contributed by atoms with Crippen LogP contribution in [0.15, 0.2) is 47.4 Å². The highest BCUT2D eigenvalue weighted by molar-refractivity contribution is 7.89. The van der Waals surface area contributed by atoms with E-state index in [1.807, 2.05) is 0 Å². The summed E-state index contributed by atoms with van der Waals surface area (Å²) in [5.41, 5.74) is 0.752.